The summed E-state index contributed by atoms with van der Waals surface area (Å²) in [7, 11) is 2.95. The first-order chi connectivity index (χ1) is 18.3. The van der Waals surface area contributed by atoms with E-state index in [1.807, 2.05) is 30.3 Å². The first kappa shape index (κ1) is 27.7. The van der Waals surface area contributed by atoms with Gasteiger partial charge in [-0.15, -0.1) is 6.58 Å². The van der Waals surface area contributed by atoms with Crippen molar-refractivity contribution in [2.24, 2.45) is 0 Å². The molecule has 3 aromatic rings. The maximum Gasteiger partial charge on any atom is 0.220 e. The topological polar surface area (TPSA) is 110 Å². The van der Waals surface area contributed by atoms with Gasteiger partial charge in [0.15, 0.2) is 17.3 Å². The van der Waals surface area contributed by atoms with Crippen LogP contribution in [0, 0.1) is 0 Å². The van der Waals surface area contributed by atoms with Gasteiger partial charge in [-0.05, 0) is 41.5 Å². The lowest BCUT2D eigenvalue weighted by Crippen LogP contribution is -2.18. The Bertz CT molecular complexity index is 1380. The van der Waals surface area contributed by atoms with Gasteiger partial charge in [0.1, 0.15) is 17.2 Å². The minimum Gasteiger partial charge on any atom is -0.508 e. The van der Waals surface area contributed by atoms with Gasteiger partial charge >= 0.3 is 0 Å². The average Bonchev–Trinajstić information content (AvgIpc) is 2.92. The molecule has 1 aliphatic rings. The maximum absolute atomic E-state index is 12.1. The minimum atomic E-state index is -0.292. The van der Waals surface area contributed by atoms with Crippen molar-refractivity contribution >= 4 is 17.3 Å². The highest BCUT2D eigenvalue weighted by atomic mass is 16.5. The Morgan fingerprint density at radius 2 is 1.58 bits per heavy atom. The lowest BCUT2D eigenvalue weighted by molar-refractivity contribution is -0.117. The van der Waals surface area contributed by atoms with Gasteiger partial charge in [0, 0.05) is 30.1 Å². The van der Waals surface area contributed by atoms with E-state index >= 15 is 0 Å². The fourth-order valence-electron chi connectivity index (χ4n) is 3.84. The largest absolute Gasteiger partial charge is 0.508 e. The number of hydrogen-bond donors (Lipinski definition) is 2. The molecule has 1 aliphatic carbocycles. The first-order valence-electron chi connectivity index (χ1n) is 11.7. The fourth-order valence-corrected chi connectivity index (χ4v) is 3.84. The van der Waals surface area contributed by atoms with Crippen LogP contribution in [0.25, 0.3) is 0 Å². The molecule has 194 valence electrons. The predicted molar refractivity (Wildman–Crippen MR) is 143 cm³/mol. The molecule has 4 rings (SSSR count). The molecule has 0 radical (unpaired) electrons. The van der Waals surface area contributed by atoms with E-state index in [0.717, 1.165) is 22.9 Å². The monoisotopic (exact) mass is 512 g/mol. The number of aromatic hydroxyl groups is 2. The SMILES string of the molecule is C=CC(C1=CC(=O)C(OC)=CC1=O)c1ccccc1.COc1ccc(CC(=O)c2ccc(O)cc2O)cc1. The summed E-state index contributed by atoms with van der Waals surface area (Å²) in [5, 5.41) is 18.8. The van der Waals surface area contributed by atoms with Crippen molar-refractivity contribution in [1.29, 1.82) is 0 Å². The summed E-state index contributed by atoms with van der Waals surface area (Å²) in [6, 6.07) is 20.6. The Hall–Kier alpha value is -4.91. The third-order valence-electron chi connectivity index (χ3n) is 5.83. The van der Waals surface area contributed by atoms with E-state index in [4.69, 9.17) is 9.47 Å². The van der Waals surface area contributed by atoms with Gasteiger partial charge in [0.05, 0.1) is 19.8 Å². The molecule has 3 aromatic carbocycles. The number of methoxy groups -OCH3 is 2. The lowest BCUT2D eigenvalue weighted by atomic mass is 9.85. The number of carbonyl (C=O) groups is 3. The Morgan fingerprint density at radius 1 is 0.895 bits per heavy atom. The van der Waals surface area contributed by atoms with Crippen LogP contribution in [0.15, 0.2) is 109 Å². The number of carbonyl (C=O) groups excluding carboxylic acids is 3. The minimum absolute atomic E-state index is 0.0708. The number of phenols is 2. The van der Waals surface area contributed by atoms with Crippen molar-refractivity contribution in [3.63, 3.8) is 0 Å². The van der Waals surface area contributed by atoms with E-state index in [2.05, 4.69) is 6.58 Å². The van der Waals surface area contributed by atoms with Crippen LogP contribution < -0.4 is 4.74 Å². The van der Waals surface area contributed by atoms with Crippen molar-refractivity contribution in [2.45, 2.75) is 12.3 Å². The van der Waals surface area contributed by atoms with Crippen LogP contribution in [-0.4, -0.2) is 41.8 Å². The van der Waals surface area contributed by atoms with E-state index in [1.54, 1.807) is 37.5 Å². The molecule has 1 atom stereocenters. The van der Waals surface area contributed by atoms with Crippen LogP contribution in [0.5, 0.6) is 17.2 Å². The van der Waals surface area contributed by atoms with Gasteiger partial charge in [0.25, 0.3) is 0 Å². The summed E-state index contributed by atoms with van der Waals surface area (Å²) in [5.74, 6) is -0.481. The number of Topliss-reactive ketones (excluding diaryl/α,β-unsaturated/α-hetero) is 1. The smallest absolute Gasteiger partial charge is 0.220 e. The quantitative estimate of drug-likeness (QED) is 0.246. The van der Waals surface area contributed by atoms with E-state index in [0.29, 0.717) is 5.57 Å². The Morgan fingerprint density at radius 3 is 2.16 bits per heavy atom. The molecular weight excluding hydrogens is 484 g/mol. The highest BCUT2D eigenvalue weighted by Crippen LogP contribution is 2.29. The van der Waals surface area contributed by atoms with Crippen LogP contribution in [0.2, 0.25) is 0 Å². The Kier molecular flexibility index (Phi) is 9.37. The van der Waals surface area contributed by atoms with Gasteiger partial charge in [-0.2, -0.15) is 0 Å². The number of hydrogen-bond acceptors (Lipinski definition) is 7. The van der Waals surface area contributed by atoms with Crippen LogP contribution in [0.4, 0.5) is 0 Å². The fraction of sp³-hybridized carbons (Fsp3) is 0.129. The highest BCUT2D eigenvalue weighted by Gasteiger charge is 2.26. The van der Waals surface area contributed by atoms with Crippen LogP contribution in [0.3, 0.4) is 0 Å². The number of rotatable bonds is 8. The number of allylic oxidation sites excluding steroid dienone is 4. The van der Waals surface area contributed by atoms with Crippen LogP contribution >= 0.6 is 0 Å². The second kappa shape index (κ2) is 12.9. The Labute approximate surface area is 221 Å². The lowest BCUT2D eigenvalue weighted by Gasteiger charge is -2.18. The zero-order chi connectivity index (χ0) is 27.7. The molecule has 0 spiro atoms. The van der Waals surface area contributed by atoms with E-state index in [9.17, 15) is 24.6 Å². The molecule has 38 heavy (non-hydrogen) atoms. The molecule has 0 aromatic heterocycles. The molecule has 7 nitrogen and oxygen atoms in total. The van der Waals surface area contributed by atoms with Gasteiger partial charge < -0.3 is 19.7 Å². The van der Waals surface area contributed by atoms with Gasteiger partial charge in [0.2, 0.25) is 5.78 Å². The molecule has 0 heterocycles. The molecule has 7 heteroatoms. The maximum atomic E-state index is 12.1. The third-order valence-corrected chi connectivity index (χ3v) is 5.83. The number of benzene rings is 3. The number of phenolic OH excluding ortho intramolecular Hbond substituents is 2. The molecule has 0 amide bonds. The molecule has 0 saturated heterocycles. The summed E-state index contributed by atoms with van der Waals surface area (Å²) in [6.45, 7) is 3.75. The van der Waals surface area contributed by atoms with Crippen molar-refractivity contribution in [1.82, 2.24) is 0 Å². The molecule has 0 saturated carbocycles. The van der Waals surface area contributed by atoms with Crippen LogP contribution in [-0.2, 0) is 20.7 Å². The zero-order valence-electron chi connectivity index (χ0n) is 21.1. The summed E-state index contributed by atoms with van der Waals surface area (Å²) in [6.07, 6.45) is 4.41. The summed E-state index contributed by atoms with van der Waals surface area (Å²) in [4.78, 5) is 35.9. The van der Waals surface area contributed by atoms with E-state index in [-0.39, 0.29) is 52.5 Å². The third kappa shape index (κ3) is 6.85. The molecule has 2 N–H and O–H groups in total. The van der Waals surface area contributed by atoms with Crippen molar-refractivity contribution < 1.29 is 34.1 Å². The van der Waals surface area contributed by atoms with Crippen LogP contribution in [0.1, 0.15) is 27.4 Å². The van der Waals surface area contributed by atoms with Crippen molar-refractivity contribution in [3.8, 4) is 17.2 Å². The second-order valence-electron chi connectivity index (χ2n) is 8.31. The zero-order valence-corrected chi connectivity index (χ0v) is 21.1. The summed E-state index contributed by atoms with van der Waals surface area (Å²) in [5.41, 5.74) is 2.39. The van der Waals surface area contributed by atoms with Gasteiger partial charge in [-0.3, -0.25) is 14.4 Å². The molecule has 0 bridgehead atoms. The van der Waals surface area contributed by atoms with Gasteiger partial charge in [-0.25, -0.2) is 0 Å². The number of ketones is 3. The van der Waals surface area contributed by atoms with E-state index in [1.165, 1.54) is 31.4 Å². The average molecular weight is 513 g/mol. The Balaban J connectivity index is 0.000000211. The summed E-state index contributed by atoms with van der Waals surface area (Å²) < 4.78 is 9.90. The summed E-state index contributed by atoms with van der Waals surface area (Å²) >= 11 is 0. The van der Waals surface area contributed by atoms with Gasteiger partial charge in [-0.1, -0.05) is 48.5 Å². The molecule has 1 unspecified atom stereocenters. The second-order valence-corrected chi connectivity index (χ2v) is 8.31. The molecular formula is C31H28O7. The molecule has 0 fully saturated rings. The predicted octanol–water partition coefficient (Wildman–Crippen LogP) is 5.10. The first-order valence-corrected chi connectivity index (χ1v) is 11.7. The van der Waals surface area contributed by atoms with E-state index < -0.39 is 0 Å². The van der Waals surface area contributed by atoms with Crippen molar-refractivity contribution in [2.75, 3.05) is 14.2 Å². The number of ether oxygens (including phenoxy) is 2. The standard InChI is InChI=1S/C16H14O3.C15H14O4/c1-3-12(11-7-5-4-6-8-11)13-9-15(18)16(19-2)10-14(13)17;1-19-12-5-2-10(3-6-12)8-14(17)13-7-4-11(16)9-15(13)18/h3-10,12H,1H2,2H3;2-7,9,16,18H,8H2,1H3. The normalized spacial score (nSPS) is 13.3. The molecule has 0 aliphatic heterocycles. The highest BCUT2D eigenvalue weighted by molar-refractivity contribution is 6.19. The van der Waals surface area contributed by atoms with Crippen molar-refractivity contribution in [3.05, 3.63) is 126 Å².